The van der Waals surface area contributed by atoms with Crippen LogP contribution in [0.4, 0.5) is 0 Å². The Hall–Kier alpha value is -2.30. The van der Waals surface area contributed by atoms with E-state index in [4.69, 9.17) is 9.84 Å². The molecular formula is C12H12N2O3. The van der Waals surface area contributed by atoms with E-state index in [1.807, 2.05) is 31.2 Å². The second-order valence-corrected chi connectivity index (χ2v) is 3.62. The number of carboxylic acid groups (broad SMARTS) is 1. The second kappa shape index (κ2) is 4.29. The zero-order valence-corrected chi connectivity index (χ0v) is 9.54. The summed E-state index contributed by atoms with van der Waals surface area (Å²) in [4.78, 5) is 10.9. The van der Waals surface area contributed by atoms with Crippen molar-refractivity contribution in [1.29, 1.82) is 0 Å². The lowest BCUT2D eigenvalue weighted by Gasteiger charge is -2.06. The monoisotopic (exact) mass is 232 g/mol. The number of rotatable bonds is 3. The van der Waals surface area contributed by atoms with Crippen LogP contribution in [0, 0.1) is 6.92 Å². The first-order chi connectivity index (χ1) is 8.13. The zero-order chi connectivity index (χ0) is 12.4. The van der Waals surface area contributed by atoms with Crippen LogP contribution in [0.2, 0.25) is 0 Å². The van der Waals surface area contributed by atoms with Crippen LogP contribution < -0.4 is 4.74 Å². The third-order valence-electron chi connectivity index (χ3n) is 2.43. The van der Waals surface area contributed by atoms with Gasteiger partial charge in [-0.3, -0.25) is 0 Å². The average Bonchev–Trinajstić information content (AvgIpc) is 2.73. The summed E-state index contributed by atoms with van der Waals surface area (Å²) in [5.41, 5.74) is 1.94. The Balaban J connectivity index is 2.52. The molecule has 1 N–H and O–H groups in total. The third kappa shape index (κ3) is 1.99. The van der Waals surface area contributed by atoms with E-state index < -0.39 is 5.97 Å². The van der Waals surface area contributed by atoms with Crippen LogP contribution in [-0.4, -0.2) is 28.0 Å². The zero-order valence-electron chi connectivity index (χ0n) is 9.54. The molecule has 5 nitrogen and oxygen atoms in total. The number of benzene rings is 1. The molecule has 0 atom stereocenters. The molecule has 0 unspecified atom stereocenters. The van der Waals surface area contributed by atoms with Crippen LogP contribution in [0.15, 0.2) is 30.5 Å². The molecule has 0 radical (unpaired) electrons. The van der Waals surface area contributed by atoms with Crippen molar-refractivity contribution < 1.29 is 14.6 Å². The Morgan fingerprint density at radius 3 is 2.53 bits per heavy atom. The van der Waals surface area contributed by atoms with Crippen molar-refractivity contribution in [3.8, 4) is 11.6 Å². The predicted octanol–water partition coefficient (Wildman–Crippen LogP) is 1.89. The van der Waals surface area contributed by atoms with Gasteiger partial charge in [-0.05, 0) is 19.1 Å². The lowest BCUT2D eigenvalue weighted by Crippen LogP contribution is -2.03. The molecule has 0 aliphatic heterocycles. The number of aromatic carboxylic acids is 1. The molecule has 1 aromatic heterocycles. The standard InChI is InChI=1S/C12H12N2O3/c1-8-3-5-9(6-4-8)14-11(17-2)10(7-13-14)12(15)16/h3-7H,1-2H3,(H,15,16). The van der Waals surface area contributed by atoms with Crippen LogP contribution in [0.3, 0.4) is 0 Å². The van der Waals surface area contributed by atoms with Crippen LogP contribution in [-0.2, 0) is 0 Å². The Kier molecular flexibility index (Phi) is 2.82. The summed E-state index contributed by atoms with van der Waals surface area (Å²) in [6.07, 6.45) is 1.28. The number of hydrogen-bond donors (Lipinski definition) is 1. The maximum absolute atomic E-state index is 10.9. The van der Waals surface area contributed by atoms with Crippen molar-refractivity contribution in [2.75, 3.05) is 7.11 Å². The van der Waals surface area contributed by atoms with E-state index in [2.05, 4.69) is 5.10 Å². The molecule has 0 saturated carbocycles. The van der Waals surface area contributed by atoms with Gasteiger partial charge >= 0.3 is 5.97 Å². The molecule has 0 aliphatic rings. The smallest absolute Gasteiger partial charge is 0.342 e. The summed E-state index contributed by atoms with van der Waals surface area (Å²) < 4.78 is 6.54. The molecule has 0 saturated heterocycles. The van der Waals surface area contributed by atoms with Crippen molar-refractivity contribution in [1.82, 2.24) is 9.78 Å². The van der Waals surface area contributed by atoms with E-state index in [0.717, 1.165) is 11.3 Å². The summed E-state index contributed by atoms with van der Waals surface area (Å²) >= 11 is 0. The number of carboxylic acids is 1. The minimum Gasteiger partial charge on any atom is -0.480 e. The van der Waals surface area contributed by atoms with Gasteiger partial charge in [-0.1, -0.05) is 17.7 Å². The highest BCUT2D eigenvalue weighted by molar-refractivity contribution is 5.90. The number of hydrogen-bond acceptors (Lipinski definition) is 3. The van der Waals surface area contributed by atoms with E-state index in [9.17, 15) is 4.79 Å². The normalized spacial score (nSPS) is 10.2. The van der Waals surface area contributed by atoms with E-state index in [0.29, 0.717) is 0 Å². The summed E-state index contributed by atoms with van der Waals surface area (Å²) in [7, 11) is 1.42. The maximum atomic E-state index is 10.9. The molecule has 5 heteroatoms. The van der Waals surface area contributed by atoms with Crippen molar-refractivity contribution >= 4 is 5.97 Å². The van der Waals surface area contributed by atoms with E-state index in [1.54, 1.807) is 0 Å². The van der Waals surface area contributed by atoms with Crippen molar-refractivity contribution in [2.24, 2.45) is 0 Å². The highest BCUT2D eigenvalue weighted by atomic mass is 16.5. The maximum Gasteiger partial charge on any atom is 0.342 e. The molecule has 0 fully saturated rings. The van der Waals surface area contributed by atoms with Crippen LogP contribution in [0.5, 0.6) is 5.88 Å². The number of methoxy groups -OCH3 is 1. The molecule has 88 valence electrons. The van der Waals surface area contributed by atoms with E-state index in [-0.39, 0.29) is 11.4 Å². The van der Waals surface area contributed by atoms with E-state index >= 15 is 0 Å². The quantitative estimate of drug-likeness (QED) is 0.877. The number of aromatic nitrogens is 2. The summed E-state index contributed by atoms with van der Waals surface area (Å²) in [6.45, 7) is 1.98. The highest BCUT2D eigenvalue weighted by Crippen LogP contribution is 2.22. The molecule has 2 rings (SSSR count). The van der Waals surface area contributed by atoms with Gasteiger partial charge in [0.1, 0.15) is 5.56 Å². The molecule has 2 aromatic rings. The minimum absolute atomic E-state index is 0.0491. The summed E-state index contributed by atoms with van der Waals surface area (Å²) in [5, 5.41) is 13.0. The van der Waals surface area contributed by atoms with Crippen molar-refractivity contribution in [3.63, 3.8) is 0 Å². The molecule has 17 heavy (non-hydrogen) atoms. The molecule has 0 bridgehead atoms. The van der Waals surface area contributed by atoms with Gasteiger partial charge in [-0.25, -0.2) is 9.48 Å². The third-order valence-corrected chi connectivity index (χ3v) is 2.43. The van der Waals surface area contributed by atoms with Gasteiger partial charge in [0, 0.05) is 0 Å². The second-order valence-electron chi connectivity index (χ2n) is 3.62. The Morgan fingerprint density at radius 2 is 2.00 bits per heavy atom. The first-order valence-electron chi connectivity index (χ1n) is 5.06. The van der Waals surface area contributed by atoms with Gasteiger partial charge in [0.2, 0.25) is 5.88 Å². The lowest BCUT2D eigenvalue weighted by molar-refractivity contribution is 0.0693. The van der Waals surface area contributed by atoms with Crippen LogP contribution in [0.1, 0.15) is 15.9 Å². The number of aryl methyl sites for hydroxylation is 1. The highest BCUT2D eigenvalue weighted by Gasteiger charge is 2.18. The van der Waals surface area contributed by atoms with Gasteiger partial charge in [0.05, 0.1) is 19.0 Å². The van der Waals surface area contributed by atoms with Gasteiger partial charge < -0.3 is 9.84 Å². The molecular weight excluding hydrogens is 220 g/mol. The number of nitrogens with zero attached hydrogens (tertiary/aromatic N) is 2. The largest absolute Gasteiger partial charge is 0.480 e. The fraction of sp³-hybridized carbons (Fsp3) is 0.167. The van der Waals surface area contributed by atoms with Crippen LogP contribution in [0.25, 0.3) is 5.69 Å². The topological polar surface area (TPSA) is 64.3 Å². The fourth-order valence-electron chi connectivity index (χ4n) is 1.55. The van der Waals surface area contributed by atoms with Gasteiger partial charge in [0.25, 0.3) is 0 Å². The SMILES string of the molecule is COc1c(C(=O)O)cnn1-c1ccc(C)cc1. The first-order valence-corrected chi connectivity index (χ1v) is 5.06. The molecule has 0 aliphatic carbocycles. The Bertz CT molecular complexity index is 543. The predicted molar refractivity (Wildman–Crippen MR) is 61.8 cm³/mol. The number of carbonyl (C=O) groups is 1. The van der Waals surface area contributed by atoms with Gasteiger partial charge in [-0.15, -0.1) is 0 Å². The minimum atomic E-state index is -1.06. The van der Waals surface area contributed by atoms with Crippen molar-refractivity contribution in [2.45, 2.75) is 6.92 Å². The molecule has 0 amide bonds. The van der Waals surface area contributed by atoms with Gasteiger partial charge in [0.15, 0.2) is 0 Å². The lowest BCUT2D eigenvalue weighted by atomic mass is 10.2. The van der Waals surface area contributed by atoms with Crippen LogP contribution >= 0.6 is 0 Å². The summed E-state index contributed by atoms with van der Waals surface area (Å²) in [6, 6.07) is 7.57. The molecule has 1 aromatic carbocycles. The summed E-state index contributed by atoms with van der Waals surface area (Å²) in [5.74, 6) is -0.832. The number of ether oxygens (including phenoxy) is 1. The Labute approximate surface area is 98.3 Å². The average molecular weight is 232 g/mol. The Morgan fingerprint density at radius 1 is 1.35 bits per heavy atom. The molecule has 0 spiro atoms. The van der Waals surface area contributed by atoms with E-state index in [1.165, 1.54) is 18.0 Å². The first kappa shape index (κ1) is 11.2. The van der Waals surface area contributed by atoms with Crippen molar-refractivity contribution in [3.05, 3.63) is 41.6 Å². The fourth-order valence-corrected chi connectivity index (χ4v) is 1.55. The van der Waals surface area contributed by atoms with Gasteiger partial charge in [-0.2, -0.15) is 5.10 Å². The molecule has 1 heterocycles.